The minimum absolute atomic E-state index is 0.0672. The lowest BCUT2D eigenvalue weighted by molar-refractivity contribution is -0.120. The van der Waals surface area contributed by atoms with Gasteiger partial charge in [-0.15, -0.1) is 0 Å². The zero-order chi connectivity index (χ0) is 19.0. The summed E-state index contributed by atoms with van der Waals surface area (Å²) < 4.78 is 10.5. The number of hydrogen-bond donors (Lipinski definition) is 2. The molecule has 2 aromatic carbocycles. The largest absolute Gasteiger partial charge is 0.497 e. The van der Waals surface area contributed by atoms with Crippen LogP contribution in [0.5, 0.6) is 11.5 Å². The molecule has 7 heteroatoms. The van der Waals surface area contributed by atoms with Gasteiger partial charge in [0, 0.05) is 30.5 Å². The van der Waals surface area contributed by atoms with Crippen molar-refractivity contribution in [2.24, 2.45) is 0 Å². The Morgan fingerprint density at radius 2 is 1.93 bits per heavy atom. The zero-order valence-corrected chi connectivity index (χ0v) is 15.2. The number of benzene rings is 2. The van der Waals surface area contributed by atoms with Gasteiger partial charge in [-0.1, -0.05) is 6.07 Å². The van der Waals surface area contributed by atoms with Gasteiger partial charge in [-0.2, -0.15) is 0 Å². The monoisotopic (exact) mass is 367 g/mol. The van der Waals surface area contributed by atoms with Gasteiger partial charge >= 0.3 is 6.03 Å². The van der Waals surface area contributed by atoms with Crippen LogP contribution in [0.3, 0.4) is 0 Å². The summed E-state index contributed by atoms with van der Waals surface area (Å²) in [7, 11) is 3.18. The van der Waals surface area contributed by atoms with E-state index in [9.17, 15) is 9.59 Å². The summed E-state index contributed by atoms with van der Waals surface area (Å²) in [4.78, 5) is 27.1. The van der Waals surface area contributed by atoms with Gasteiger partial charge in [0.2, 0.25) is 5.91 Å². The molecule has 2 heterocycles. The zero-order valence-electron chi connectivity index (χ0n) is 15.2. The number of ether oxygens (including phenoxy) is 2. The number of carbonyl (C=O) groups excluding carboxylic acids is 2. The van der Waals surface area contributed by atoms with Crippen LogP contribution in [-0.2, 0) is 10.2 Å². The summed E-state index contributed by atoms with van der Waals surface area (Å²) in [5.41, 5.74) is 1.60. The highest BCUT2D eigenvalue weighted by atomic mass is 16.5. The Morgan fingerprint density at radius 1 is 1.15 bits per heavy atom. The average molecular weight is 367 g/mol. The van der Waals surface area contributed by atoms with Crippen LogP contribution in [0.4, 0.5) is 16.2 Å². The van der Waals surface area contributed by atoms with Gasteiger partial charge in [-0.25, -0.2) is 4.79 Å². The van der Waals surface area contributed by atoms with Gasteiger partial charge in [-0.05, 0) is 42.3 Å². The maximum atomic E-state index is 12.7. The van der Waals surface area contributed by atoms with E-state index >= 15 is 0 Å². The molecule has 140 valence electrons. The van der Waals surface area contributed by atoms with Gasteiger partial charge in [0.05, 0.1) is 19.6 Å². The first-order valence-electron chi connectivity index (χ1n) is 8.76. The van der Waals surface area contributed by atoms with Crippen molar-refractivity contribution in [3.8, 4) is 11.5 Å². The Morgan fingerprint density at radius 3 is 2.70 bits per heavy atom. The summed E-state index contributed by atoms with van der Waals surface area (Å²) in [6, 6.07) is 12.5. The smallest absolute Gasteiger partial charge is 0.321 e. The lowest BCUT2D eigenvalue weighted by Gasteiger charge is -2.23. The molecule has 0 aliphatic carbocycles. The lowest BCUT2D eigenvalue weighted by Crippen LogP contribution is -2.40. The number of amides is 3. The Labute approximate surface area is 157 Å². The molecule has 1 fully saturated rings. The second-order valence-electron chi connectivity index (χ2n) is 6.78. The summed E-state index contributed by atoms with van der Waals surface area (Å²) in [5, 5.41) is 5.81. The van der Waals surface area contributed by atoms with Crippen LogP contribution in [0, 0.1) is 0 Å². The van der Waals surface area contributed by atoms with Gasteiger partial charge < -0.3 is 25.0 Å². The van der Waals surface area contributed by atoms with Gasteiger partial charge in [0.25, 0.3) is 0 Å². The fourth-order valence-corrected chi connectivity index (χ4v) is 3.81. The molecular weight excluding hydrogens is 346 g/mol. The van der Waals surface area contributed by atoms with E-state index < -0.39 is 5.41 Å². The van der Waals surface area contributed by atoms with Crippen molar-refractivity contribution in [2.75, 3.05) is 37.9 Å². The number of nitrogens with zero attached hydrogens (tertiary/aromatic N) is 1. The summed E-state index contributed by atoms with van der Waals surface area (Å²) in [6.45, 7) is 0.828. The third kappa shape index (κ3) is 2.85. The molecule has 1 spiro atoms. The van der Waals surface area contributed by atoms with E-state index in [1.165, 1.54) is 0 Å². The van der Waals surface area contributed by atoms with Crippen molar-refractivity contribution in [1.82, 2.24) is 4.90 Å². The van der Waals surface area contributed by atoms with E-state index in [2.05, 4.69) is 10.6 Å². The number of rotatable bonds is 3. The summed E-state index contributed by atoms with van der Waals surface area (Å²) in [5.74, 6) is 1.30. The fraction of sp³-hybridized carbons (Fsp3) is 0.300. The number of nitrogens with one attached hydrogen (secondary N) is 2. The van der Waals surface area contributed by atoms with Crippen LogP contribution in [0.25, 0.3) is 0 Å². The third-order valence-corrected chi connectivity index (χ3v) is 5.30. The van der Waals surface area contributed by atoms with Crippen molar-refractivity contribution in [1.29, 1.82) is 0 Å². The second-order valence-corrected chi connectivity index (χ2v) is 6.78. The highest BCUT2D eigenvalue weighted by molar-refractivity contribution is 6.07. The van der Waals surface area contributed by atoms with Gasteiger partial charge in [0.1, 0.15) is 11.5 Å². The molecule has 27 heavy (non-hydrogen) atoms. The summed E-state index contributed by atoms with van der Waals surface area (Å²) >= 11 is 0. The van der Waals surface area contributed by atoms with Crippen molar-refractivity contribution >= 4 is 23.3 Å². The van der Waals surface area contributed by atoms with E-state index in [4.69, 9.17) is 9.47 Å². The topological polar surface area (TPSA) is 79.9 Å². The molecule has 4 rings (SSSR count). The molecule has 2 aromatic rings. The molecule has 1 saturated heterocycles. The molecule has 0 unspecified atom stereocenters. The number of fused-ring (bicyclic) bond motifs is 2. The van der Waals surface area contributed by atoms with E-state index in [0.717, 1.165) is 11.3 Å². The predicted octanol–water partition coefficient (Wildman–Crippen LogP) is 2.83. The van der Waals surface area contributed by atoms with Crippen molar-refractivity contribution < 1.29 is 19.1 Å². The SMILES string of the molecule is COc1cccc(NC(=O)N2CC[C@@]3(C2)C(=O)Nc2ccc(OC)cc23)c1. The molecule has 0 bridgehead atoms. The Balaban J connectivity index is 1.55. The number of urea groups is 1. The van der Waals surface area contributed by atoms with Gasteiger partial charge in [0.15, 0.2) is 0 Å². The number of anilines is 2. The third-order valence-electron chi connectivity index (χ3n) is 5.30. The molecule has 3 amide bonds. The molecule has 0 aromatic heterocycles. The molecular formula is C20H21N3O4. The average Bonchev–Trinajstić information content (AvgIpc) is 3.25. The van der Waals surface area contributed by atoms with Crippen LogP contribution in [-0.4, -0.2) is 44.1 Å². The first kappa shape index (κ1) is 17.2. The van der Waals surface area contributed by atoms with Crippen LogP contribution < -0.4 is 20.1 Å². The first-order chi connectivity index (χ1) is 13.1. The highest BCUT2D eigenvalue weighted by Crippen LogP contribution is 2.45. The minimum Gasteiger partial charge on any atom is -0.497 e. The highest BCUT2D eigenvalue weighted by Gasteiger charge is 2.52. The molecule has 0 saturated carbocycles. The maximum Gasteiger partial charge on any atom is 0.321 e. The van der Waals surface area contributed by atoms with Gasteiger partial charge in [-0.3, -0.25) is 4.79 Å². The van der Waals surface area contributed by atoms with Crippen molar-refractivity contribution in [2.45, 2.75) is 11.8 Å². The Bertz CT molecular complexity index is 914. The molecule has 1 atom stereocenters. The first-order valence-corrected chi connectivity index (χ1v) is 8.76. The Hall–Kier alpha value is -3.22. The number of carbonyl (C=O) groups is 2. The molecule has 2 N–H and O–H groups in total. The maximum absolute atomic E-state index is 12.7. The van der Waals surface area contributed by atoms with Crippen LogP contribution in [0.2, 0.25) is 0 Å². The molecule has 2 aliphatic rings. The standard InChI is InChI=1S/C20H21N3O4/c1-26-14-5-3-4-13(10-14)21-19(25)23-9-8-20(12-23)16-11-15(27-2)6-7-17(16)22-18(20)24/h3-7,10-11H,8-9,12H2,1-2H3,(H,21,25)(H,22,24)/t20-/m0/s1. The fourth-order valence-electron chi connectivity index (χ4n) is 3.81. The van der Waals surface area contributed by atoms with Crippen molar-refractivity contribution in [3.63, 3.8) is 0 Å². The Kier molecular flexibility index (Phi) is 4.14. The number of likely N-dealkylation sites (tertiary alicyclic amines) is 1. The van der Waals surface area contributed by atoms with E-state index in [1.807, 2.05) is 30.3 Å². The van der Waals surface area contributed by atoms with E-state index in [0.29, 0.717) is 36.7 Å². The van der Waals surface area contributed by atoms with E-state index in [-0.39, 0.29) is 11.9 Å². The molecule has 7 nitrogen and oxygen atoms in total. The lowest BCUT2D eigenvalue weighted by atomic mass is 9.81. The van der Waals surface area contributed by atoms with Crippen LogP contribution in [0.1, 0.15) is 12.0 Å². The van der Waals surface area contributed by atoms with Crippen LogP contribution >= 0.6 is 0 Å². The predicted molar refractivity (Wildman–Crippen MR) is 102 cm³/mol. The van der Waals surface area contributed by atoms with Crippen LogP contribution in [0.15, 0.2) is 42.5 Å². The second kappa shape index (κ2) is 6.50. The quantitative estimate of drug-likeness (QED) is 0.874. The van der Waals surface area contributed by atoms with E-state index in [1.54, 1.807) is 31.3 Å². The minimum atomic E-state index is -0.727. The number of hydrogen-bond acceptors (Lipinski definition) is 4. The number of methoxy groups -OCH3 is 2. The van der Waals surface area contributed by atoms with Crippen molar-refractivity contribution in [3.05, 3.63) is 48.0 Å². The molecule has 2 aliphatic heterocycles. The molecule has 0 radical (unpaired) electrons. The summed E-state index contributed by atoms with van der Waals surface area (Å²) in [6.07, 6.45) is 0.574. The normalized spacial score (nSPS) is 20.4.